The number of hydrogen-bond acceptors (Lipinski definition) is 5. The number of rotatable bonds is 7. The Bertz CT molecular complexity index is 1050. The SMILES string of the molecule is CS(=O)(=O)Oc1ccc(CN(Cc2ccco2)C(=O)c2ccccc2F)cc1. The smallest absolute Gasteiger partial charge is 0.306 e. The molecule has 0 atom stereocenters. The molecule has 0 saturated carbocycles. The van der Waals surface area contributed by atoms with Gasteiger partial charge in [0.05, 0.1) is 24.6 Å². The summed E-state index contributed by atoms with van der Waals surface area (Å²) in [6.45, 7) is 0.328. The molecule has 3 rings (SSSR count). The number of carbonyl (C=O) groups is 1. The van der Waals surface area contributed by atoms with Crippen molar-refractivity contribution in [3.63, 3.8) is 0 Å². The van der Waals surface area contributed by atoms with E-state index >= 15 is 0 Å². The summed E-state index contributed by atoms with van der Waals surface area (Å²) in [5.74, 6) is -0.356. The van der Waals surface area contributed by atoms with Gasteiger partial charge in [0.2, 0.25) is 0 Å². The molecule has 28 heavy (non-hydrogen) atoms. The highest BCUT2D eigenvalue weighted by Crippen LogP contribution is 2.19. The Kier molecular flexibility index (Phi) is 5.79. The van der Waals surface area contributed by atoms with Crippen LogP contribution in [-0.4, -0.2) is 25.5 Å². The van der Waals surface area contributed by atoms with Crippen molar-refractivity contribution in [2.75, 3.05) is 6.26 Å². The summed E-state index contributed by atoms with van der Waals surface area (Å²) < 4.78 is 46.6. The van der Waals surface area contributed by atoms with Gasteiger partial charge in [-0.05, 0) is 42.0 Å². The van der Waals surface area contributed by atoms with E-state index < -0.39 is 21.8 Å². The Morgan fingerprint density at radius 3 is 2.36 bits per heavy atom. The summed E-state index contributed by atoms with van der Waals surface area (Å²) in [5.41, 5.74) is 0.684. The van der Waals surface area contributed by atoms with E-state index in [1.165, 1.54) is 41.5 Å². The van der Waals surface area contributed by atoms with Crippen molar-refractivity contribution < 1.29 is 26.2 Å². The summed E-state index contributed by atoms with van der Waals surface area (Å²) in [7, 11) is -3.62. The van der Waals surface area contributed by atoms with E-state index in [0.717, 1.165) is 11.8 Å². The number of carbonyl (C=O) groups excluding carboxylic acids is 1. The van der Waals surface area contributed by atoms with Crippen LogP contribution in [0, 0.1) is 5.82 Å². The number of amides is 1. The van der Waals surface area contributed by atoms with Gasteiger partial charge in [0.1, 0.15) is 17.3 Å². The van der Waals surface area contributed by atoms with Crippen LogP contribution in [0.25, 0.3) is 0 Å². The molecular formula is C20H18FNO5S. The molecular weight excluding hydrogens is 385 g/mol. The minimum absolute atomic E-state index is 0.0360. The van der Waals surface area contributed by atoms with Crippen LogP contribution in [0.5, 0.6) is 5.75 Å². The monoisotopic (exact) mass is 403 g/mol. The van der Waals surface area contributed by atoms with Crippen molar-refractivity contribution in [3.05, 3.63) is 89.6 Å². The zero-order chi connectivity index (χ0) is 20.1. The highest BCUT2D eigenvalue weighted by molar-refractivity contribution is 7.86. The van der Waals surface area contributed by atoms with Crippen LogP contribution < -0.4 is 4.18 Å². The van der Waals surface area contributed by atoms with Crippen molar-refractivity contribution in [2.45, 2.75) is 13.1 Å². The number of benzene rings is 2. The minimum atomic E-state index is -3.62. The molecule has 0 N–H and O–H groups in total. The van der Waals surface area contributed by atoms with E-state index in [-0.39, 0.29) is 24.4 Å². The van der Waals surface area contributed by atoms with E-state index in [2.05, 4.69) is 0 Å². The van der Waals surface area contributed by atoms with Crippen molar-refractivity contribution in [1.82, 2.24) is 4.90 Å². The quantitative estimate of drug-likeness (QED) is 0.564. The van der Waals surface area contributed by atoms with Gasteiger partial charge in [-0.1, -0.05) is 24.3 Å². The Morgan fingerprint density at radius 1 is 1.04 bits per heavy atom. The molecule has 6 nitrogen and oxygen atoms in total. The highest BCUT2D eigenvalue weighted by atomic mass is 32.2. The van der Waals surface area contributed by atoms with E-state index in [1.807, 2.05) is 0 Å². The normalized spacial score (nSPS) is 11.2. The van der Waals surface area contributed by atoms with Gasteiger partial charge in [-0.2, -0.15) is 8.42 Å². The highest BCUT2D eigenvalue weighted by Gasteiger charge is 2.20. The molecule has 0 aliphatic heterocycles. The maximum absolute atomic E-state index is 14.1. The molecule has 1 aromatic heterocycles. The molecule has 0 unspecified atom stereocenters. The maximum atomic E-state index is 14.1. The second-order valence-corrected chi connectivity index (χ2v) is 7.73. The Hall–Kier alpha value is -3.13. The first-order chi connectivity index (χ1) is 13.3. The molecule has 0 aliphatic rings. The zero-order valence-electron chi connectivity index (χ0n) is 15.0. The molecule has 1 amide bonds. The molecule has 8 heteroatoms. The lowest BCUT2D eigenvalue weighted by atomic mass is 10.1. The van der Waals surface area contributed by atoms with Gasteiger partial charge in [-0.3, -0.25) is 4.79 Å². The molecule has 0 radical (unpaired) electrons. The lowest BCUT2D eigenvalue weighted by molar-refractivity contribution is 0.0713. The van der Waals surface area contributed by atoms with E-state index in [4.69, 9.17) is 8.60 Å². The van der Waals surface area contributed by atoms with Crippen molar-refractivity contribution in [1.29, 1.82) is 0 Å². The third kappa shape index (κ3) is 5.20. The lowest BCUT2D eigenvalue weighted by Crippen LogP contribution is -2.30. The molecule has 146 valence electrons. The summed E-state index contributed by atoms with van der Waals surface area (Å²) in [6.07, 6.45) is 2.46. The van der Waals surface area contributed by atoms with Gasteiger partial charge >= 0.3 is 10.1 Å². The average molecular weight is 403 g/mol. The molecule has 2 aromatic carbocycles. The second-order valence-electron chi connectivity index (χ2n) is 6.15. The van der Waals surface area contributed by atoms with Crippen LogP contribution in [0.2, 0.25) is 0 Å². The topological polar surface area (TPSA) is 76.8 Å². The summed E-state index contributed by atoms with van der Waals surface area (Å²) in [6, 6.07) is 15.5. The number of furan rings is 1. The average Bonchev–Trinajstić information content (AvgIpc) is 3.14. The van der Waals surface area contributed by atoms with Gasteiger partial charge in [0.25, 0.3) is 5.91 Å². The maximum Gasteiger partial charge on any atom is 0.306 e. The third-order valence-electron chi connectivity index (χ3n) is 3.86. The summed E-state index contributed by atoms with van der Waals surface area (Å²) in [4.78, 5) is 14.3. The van der Waals surface area contributed by atoms with E-state index in [9.17, 15) is 17.6 Å². The van der Waals surface area contributed by atoms with E-state index in [1.54, 1.807) is 30.3 Å². The Morgan fingerprint density at radius 2 is 1.75 bits per heavy atom. The molecule has 0 aliphatic carbocycles. The number of nitrogens with zero attached hydrogens (tertiary/aromatic N) is 1. The lowest BCUT2D eigenvalue weighted by Gasteiger charge is -2.22. The van der Waals surface area contributed by atoms with Crippen molar-refractivity contribution >= 4 is 16.0 Å². The Labute approximate surface area is 162 Å². The van der Waals surface area contributed by atoms with Gasteiger partial charge in [-0.15, -0.1) is 0 Å². The largest absolute Gasteiger partial charge is 0.467 e. The third-order valence-corrected chi connectivity index (χ3v) is 4.36. The summed E-state index contributed by atoms with van der Waals surface area (Å²) in [5, 5.41) is 0. The molecule has 3 aromatic rings. The van der Waals surface area contributed by atoms with Crippen LogP contribution in [0.1, 0.15) is 21.7 Å². The summed E-state index contributed by atoms with van der Waals surface area (Å²) >= 11 is 0. The fourth-order valence-corrected chi connectivity index (χ4v) is 3.10. The zero-order valence-corrected chi connectivity index (χ0v) is 15.9. The van der Waals surface area contributed by atoms with Crippen LogP contribution in [-0.2, 0) is 23.2 Å². The first kappa shape index (κ1) is 19.6. The number of halogens is 1. The van der Waals surface area contributed by atoms with Crippen LogP contribution >= 0.6 is 0 Å². The fraction of sp³-hybridized carbons (Fsp3) is 0.150. The second kappa shape index (κ2) is 8.26. The molecule has 0 fully saturated rings. The predicted molar refractivity (Wildman–Crippen MR) is 101 cm³/mol. The van der Waals surface area contributed by atoms with Crippen molar-refractivity contribution in [2.24, 2.45) is 0 Å². The first-order valence-electron chi connectivity index (χ1n) is 8.36. The molecule has 1 heterocycles. The van der Waals surface area contributed by atoms with Crippen molar-refractivity contribution in [3.8, 4) is 5.75 Å². The first-order valence-corrected chi connectivity index (χ1v) is 10.2. The standard InChI is InChI=1S/C20H18FNO5S/c1-28(24,25)27-16-10-8-15(9-11-16)13-22(14-17-5-4-12-26-17)20(23)18-6-2-3-7-19(18)21/h2-12H,13-14H2,1H3. The van der Waals surface area contributed by atoms with Crippen LogP contribution in [0.3, 0.4) is 0 Å². The fourth-order valence-electron chi connectivity index (χ4n) is 2.64. The van der Waals surface area contributed by atoms with Crippen LogP contribution in [0.15, 0.2) is 71.3 Å². The predicted octanol–water partition coefficient (Wildman–Crippen LogP) is 3.60. The van der Waals surface area contributed by atoms with Gasteiger partial charge in [0, 0.05) is 6.54 Å². The Balaban J connectivity index is 1.83. The van der Waals surface area contributed by atoms with Crippen LogP contribution in [0.4, 0.5) is 4.39 Å². The van der Waals surface area contributed by atoms with Gasteiger partial charge in [0.15, 0.2) is 0 Å². The van der Waals surface area contributed by atoms with Gasteiger partial charge in [-0.25, -0.2) is 4.39 Å². The van der Waals surface area contributed by atoms with Gasteiger partial charge < -0.3 is 13.5 Å². The molecule has 0 bridgehead atoms. The molecule has 0 saturated heterocycles. The molecule has 0 spiro atoms. The van der Waals surface area contributed by atoms with E-state index in [0.29, 0.717) is 5.76 Å². The minimum Gasteiger partial charge on any atom is -0.467 e. The number of hydrogen-bond donors (Lipinski definition) is 0.